The maximum Gasteiger partial charge on any atom is 0.322 e. The Morgan fingerprint density at radius 1 is 0.673 bits per heavy atom. The van der Waals surface area contributed by atoms with Gasteiger partial charge in [-0.15, -0.1) is 0 Å². The summed E-state index contributed by atoms with van der Waals surface area (Å²) >= 11 is 0. The lowest BCUT2D eigenvalue weighted by molar-refractivity contribution is -0.141. The van der Waals surface area contributed by atoms with Crippen molar-refractivity contribution >= 4 is 53.4 Å². The molecular weight excluding hydrogens is 690 g/mol. The fourth-order valence-electron chi connectivity index (χ4n) is 4.48. The van der Waals surface area contributed by atoms with Gasteiger partial charge in [-0.2, -0.15) is 0 Å². The van der Waals surface area contributed by atoms with Crippen molar-refractivity contribution in [3.05, 3.63) is 35.9 Å². The van der Waals surface area contributed by atoms with Crippen molar-refractivity contribution < 1.29 is 63.6 Å². The third-order valence-corrected chi connectivity index (χ3v) is 7.68. The average Bonchev–Trinajstić information content (AvgIpc) is 3.08. The van der Waals surface area contributed by atoms with Gasteiger partial charge in [-0.1, -0.05) is 50.6 Å². The minimum Gasteiger partial charge on any atom is -0.481 e. The molecule has 12 N–H and O–H groups in total. The second-order valence-electron chi connectivity index (χ2n) is 11.9. The first-order valence-electron chi connectivity index (χ1n) is 16.2. The van der Waals surface area contributed by atoms with Gasteiger partial charge < -0.3 is 58.1 Å². The number of aliphatic hydroxyl groups excluding tert-OH is 1. The molecule has 1 aromatic carbocycles. The molecule has 0 aliphatic rings. The Bertz CT molecular complexity index is 1440. The lowest BCUT2D eigenvalue weighted by atomic mass is 9.96. The van der Waals surface area contributed by atoms with Gasteiger partial charge in [0.2, 0.25) is 35.4 Å². The molecule has 0 saturated carbocycles. The molecule has 0 aliphatic carbocycles. The van der Waals surface area contributed by atoms with Crippen LogP contribution >= 0.6 is 0 Å². The van der Waals surface area contributed by atoms with Crippen molar-refractivity contribution in [1.29, 1.82) is 0 Å². The number of hydrogen-bond acceptors (Lipinski definition) is 11. The number of aliphatic carboxylic acids is 3. The number of carbonyl (C=O) groups excluding carboxylic acids is 6. The van der Waals surface area contributed by atoms with Crippen LogP contribution in [0.5, 0.6) is 0 Å². The predicted molar refractivity (Wildman–Crippen MR) is 180 cm³/mol. The second-order valence-corrected chi connectivity index (χ2v) is 11.9. The summed E-state index contributed by atoms with van der Waals surface area (Å²) in [5, 5.41) is 50.6. The van der Waals surface area contributed by atoms with E-state index in [1.165, 1.54) is 6.92 Å². The molecule has 0 aliphatic heterocycles. The highest BCUT2D eigenvalue weighted by atomic mass is 16.4. The van der Waals surface area contributed by atoms with Gasteiger partial charge in [-0.25, -0.2) is 0 Å². The minimum absolute atomic E-state index is 0.153. The molecule has 0 aromatic heterocycles. The first-order valence-corrected chi connectivity index (χ1v) is 16.2. The molecule has 1 rings (SSSR count). The number of aliphatic hydroxyl groups is 1. The second kappa shape index (κ2) is 22.2. The molecule has 6 amide bonds. The molecule has 0 spiro atoms. The highest BCUT2D eigenvalue weighted by Gasteiger charge is 2.35. The van der Waals surface area contributed by atoms with Gasteiger partial charge in [0, 0.05) is 12.8 Å². The summed E-state index contributed by atoms with van der Waals surface area (Å²) in [7, 11) is 0. The van der Waals surface area contributed by atoms with E-state index in [1.54, 1.807) is 44.2 Å². The number of rotatable bonds is 23. The van der Waals surface area contributed by atoms with E-state index in [4.69, 9.17) is 10.8 Å². The van der Waals surface area contributed by atoms with Gasteiger partial charge >= 0.3 is 17.9 Å². The van der Waals surface area contributed by atoms with Crippen molar-refractivity contribution in [3.8, 4) is 0 Å². The van der Waals surface area contributed by atoms with Gasteiger partial charge in [0.15, 0.2) is 0 Å². The Morgan fingerprint density at radius 2 is 1.25 bits per heavy atom. The Balaban J connectivity index is 3.34. The number of carboxylic acid groups (broad SMARTS) is 3. The first-order chi connectivity index (χ1) is 24.4. The van der Waals surface area contributed by atoms with Crippen LogP contribution in [-0.2, 0) is 49.6 Å². The molecule has 52 heavy (non-hydrogen) atoms. The van der Waals surface area contributed by atoms with E-state index in [0.717, 1.165) is 0 Å². The number of benzene rings is 1. The van der Waals surface area contributed by atoms with Crippen molar-refractivity contribution in [2.45, 2.75) is 89.2 Å². The quantitative estimate of drug-likeness (QED) is 0.0521. The molecule has 0 radical (unpaired) electrons. The third-order valence-electron chi connectivity index (χ3n) is 7.68. The SMILES string of the molecule is CC[C@H](C)[C@H](NC(=O)[C@H](CC(=O)O)NC(=O)[C@@H](N)[C@H](C)O)C(=O)N[C@@H](Cc1ccccc1)C(=O)N[C@@H](CCC(=O)O)C(=O)NCC(=O)NCC(=O)O. The molecule has 288 valence electrons. The lowest BCUT2D eigenvalue weighted by Gasteiger charge is -2.29. The zero-order valence-electron chi connectivity index (χ0n) is 28.9. The standard InChI is InChI=1S/C32H47N7O13/c1-4-16(2)27(39-30(50)21(13-24(44)45)37-31(51)26(33)17(3)40)32(52)38-20(12-18-8-6-5-7-9-18)29(49)36-19(10-11-23(42)43)28(48)35-14-22(41)34-15-25(46)47/h5-9,16-17,19-21,26-27,40H,4,10-15,33H2,1-3H3,(H,34,41)(H,35,48)(H,36,49)(H,37,51)(H,38,52)(H,39,50)(H,42,43)(H,44,45)(H,46,47)/t16-,17-,19-,20-,21-,26-,27-/m0/s1. The van der Waals surface area contributed by atoms with E-state index in [-0.39, 0.29) is 6.42 Å². The number of amides is 6. The molecule has 20 heteroatoms. The van der Waals surface area contributed by atoms with Crippen LogP contribution in [0.4, 0.5) is 0 Å². The molecule has 0 fully saturated rings. The summed E-state index contributed by atoms with van der Waals surface area (Å²) in [6.07, 6.45) is -3.11. The van der Waals surface area contributed by atoms with Crippen LogP contribution in [-0.4, -0.2) is 123 Å². The van der Waals surface area contributed by atoms with Crippen LogP contribution in [0.25, 0.3) is 0 Å². The van der Waals surface area contributed by atoms with Crippen LogP contribution in [0.15, 0.2) is 30.3 Å². The maximum atomic E-state index is 13.8. The van der Waals surface area contributed by atoms with Gasteiger partial charge in [0.25, 0.3) is 0 Å². The van der Waals surface area contributed by atoms with Crippen LogP contribution in [0, 0.1) is 5.92 Å². The molecule has 0 bridgehead atoms. The van der Waals surface area contributed by atoms with E-state index in [0.29, 0.717) is 12.0 Å². The monoisotopic (exact) mass is 737 g/mol. The van der Waals surface area contributed by atoms with Gasteiger partial charge in [0.1, 0.15) is 36.8 Å². The van der Waals surface area contributed by atoms with E-state index in [2.05, 4.69) is 26.6 Å². The Kier molecular flexibility index (Phi) is 19.0. The van der Waals surface area contributed by atoms with Gasteiger partial charge in [-0.05, 0) is 24.8 Å². The van der Waals surface area contributed by atoms with Crippen molar-refractivity contribution in [2.24, 2.45) is 11.7 Å². The van der Waals surface area contributed by atoms with E-state index >= 15 is 0 Å². The highest BCUT2D eigenvalue weighted by Crippen LogP contribution is 2.12. The Labute approximate surface area is 298 Å². The molecule has 20 nitrogen and oxygen atoms in total. The fraction of sp³-hybridized carbons (Fsp3) is 0.531. The zero-order valence-corrected chi connectivity index (χ0v) is 28.9. The van der Waals surface area contributed by atoms with Crippen molar-refractivity contribution in [2.75, 3.05) is 13.1 Å². The van der Waals surface area contributed by atoms with Crippen LogP contribution in [0.3, 0.4) is 0 Å². The van der Waals surface area contributed by atoms with Gasteiger partial charge in [-0.3, -0.25) is 43.2 Å². The smallest absolute Gasteiger partial charge is 0.322 e. The molecule has 1 aromatic rings. The van der Waals surface area contributed by atoms with E-state index in [9.17, 15) is 58.5 Å². The molecule has 0 saturated heterocycles. The molecule has 0 heterocycles. The first kappa shape index (κ1) is 44.4. The zero-order chi connectivity index (χ0) is 39.5. The number of hydrogen-bond donors (Lipinski definition) is 11. The van der Waals surface area contributed by atoms with Crippen LogP contribution < -0.4 is 37.6 Å². The van der Waals surface area contributed by atoms with E-state index < -0.39 is 128 Å². The Hall–Kier alpha value is -5.63. The summed E-state index contributed by atoms with van der Waals surface area (Å²) in [4.78, 5) is 112. The average molecular weight is 738 g/mol. The summed E-state index contributed by atoms with van der Waals surface area (Å²) in [6.45, 7) is 3.08. The molecule has 0 unspecified atom stereocenters. The predicted octanol–water partition coefficient (Wildman–Crippen LogP) is -3.42. The number of nitrogens with two attached hydrogens (primary N) is 1. The Morgan fingerprint density at radius 3 is 1.79 bits per heavy atom. The normalized spacial score (nSPS) is 14.8. The maximum absolute atomic E-state index is 13.8. The largest absolute Gasteiger partial charge is 0.481 e. The number of carboxylic acids is 3. The van der Waals surface area contributed by atoms with Crippen molar-refractivity contribution in [1.82, 2.24) is 31.9 Å². The van der Waals surface area contributed by atoms with E-state index in [1.807, 2.05) is 5.32 Å². The molecular formula is C32H47N7O13. The topological polar surface area (TPSA) is 333 Å². The third kappa shape index (κ3) is 16.4. The lowest BCUT2D eigenvalue weighted by Crippen LogP contribution is -2.61. The summed E-state index contributed by atoms with van der Waals surface area (Å²) in [6, 6.07) is 0.746. The molecule has 7 atom stereocenters. The fourth-order valence-corrected chi connectivity index (χ4v) is 4.48. The summed E-state index contributed by atoms with van der Waals surface area (Å²) in [5.41, 5.74) is 6.16. The highest BCUT2D eigenvalue weighted by molar-refractivity contribution is 5.97. The number of carbonyl (C=O) groups is 9. The van der Waals surface area contributed by atoms with Crippen molar-refractivity contribution in [3.63, 3.8) is 0 Å². The number of nitrogens with one attached hydrogen (secondary N) is 6. The van der Waals surface area contributed by atoms with Gasteiger partial charge in [0.05, 0.1) is 19.1 Å². The summed E-state index contributed by atoms with van der Waals surface area (Å²) in [5.74, 6) is -10.5. The summed E-state index contributed by atoms with van der Waals surface area (Å²) < 4.78 is 0. The minimum atomic E-state index is -1.71. The van der Waals surface area contributed by atoms with Crippen LogP contribution in [0.2, 0.25) is 0 Å². The van der Waals surface area contributed by atoms with Crippen LogP contribution in [0.1, 0.15) is 52.0 Å².